The van der Waals surface area contributed by atoms with Crippen LogP contribution in [-0.2, 0) is 6.42 Å². The Morgan fingerprint density at radius 1 is 1.03 bits per heavy atom. The number of hydrogen-bond acceptors (Lipinski definition) is 5. The molecule has 2 aromatic carbocycles. The van der Waals surface area contributed by atoms with Gasteiger partial charge in [0.25, 0.3) is 0 Å². The van der Waals surface area contributed by atoms with Crippen molar-refractivity contribution in [2.45, 2.75) is 26.7 Å². The molecule has 0 spiro atoms. The molecule has 1 aliphatic rings. The van der Waals surface area contributed by atoms with Gasteiger partial charge >= 0.3 is 0 Å². The van der Waals surface area contributed by atoms with E-state index in [9.17, 15) is 5.26 Å². The Bertz CT molecular complexity index is 1330. The molecular formula is C28H31N5O. The first kappa shape index (κ1) is 22.2. The normalized spacial score (nSPS) is 14.6. The van der Waals surface area contributed by atoms with Crippen molar-refractivity contribution in [1.29, 1.82) is 5.26 Å². The first-order chi connectivity index (χ1) is 16.7. The number of pyridine rings is 1. The van der Waals surface area contributed by atoms with Crippen LogP contribution in [0, 0.1) is 18.3 Å². The van der Waals surface area contributed by atoms with Gasteiger partial charge < -0.3 is 9.64 Å². The quantitative estimate of drug-likeness (QED) is 0.402. The molecule has 34 heavy (non-hydrogen) atoms. The lowest BCUT2D eigenvalue weighted by atomic mass is 10.1. The highest BCUT2D eigenvalue weighted by atomic mass is 16.5. The fourth-order valence-corrected chi connectivity index (χ4v) is 4.81. The predicted octanol–water partition coefficient (Wildman–Crippen LogP) is 4.82. The van der Waals surface area contributed by atoms with Crippen LogP contribution in [0.3, 0.4) is 0 Å². The Morgan fingerprint density at radius 2 is 1.79 bits per heavy atom. The zero-order valence-corrected chi connectivity index (χ0v) is 20.0. The van der Waals surface area contributed by atoms with E-state index in [1.165, 1.54) is 5.56 Å². The summed E-state index contributed by atoms with van der Waals surface area (Å²) in [5.74, 6) is 2.07. The monoisotopic (exact) mass is 453 g/mol. The number of imidazole rings is 1. The van der Waals surface area contributed by atoms with E-state index in [1.54, 1.807) is 0 Å². The number of hydrogen-bond donors (Lipinski definition) is 0. The highest BCUT2D eigenvalue weighted by molar-refractivity contribution is 5.85. The van der Waals surface area contributed by atoms with Crippen LogP contribution in [0.25, 0.3) is 16.7 Å². The van der Waals surface area contributed by atoms with Crippen molar-refractivity contribution in [2.75, 3.05) is 44.2 Å². The van der Waals surface area contributed by atoms with Crippen LogP contribution in [0.4, 0.5) is 5.82 Å². The van der Waals surface area contributed by atoms with Crippen LogP contribution in [0.2, 0.25) is 0 Å². The first-order valence-electron chi connectivity index (χ1n) is 12.2. The summed E-state index contributed by atoms with van der Waals surface area (Å²) in [5.41, 5.74) is 5.80. The number of anilines is 1. The average Bonchev–Trinajstić information content (AvgIpc) is 3.25. The average molecular weight is 454 g/mol. The smallest absolute Gasteiger partial charge is 0.157 e. The summed E-state index contributed by atoms with van der Waals surface area (Å²) in [7, 11) is 0. The van der Waals surface area contributed by atoms with E-state index in [4.69, 9.17) is 9.72 Å². The van der Waals surface area contributed by atoms with Gasteiger partial charge in [-0.1, -0.05) is 43.2 Å². The molecule has 1 saturated heterocycles. The number of rotatable bonds is 7. The number of nitrogens with zero attached hydrogens (tertiary/aromatic N) is 5. The Kier molecular flexibility index (Phi) is 6.37. The summed E-state index contributed by atoms with van der Waals surface area (Å²) in [4.78, 5) is 9.77. The minimum Gasteiger partial charge on any atom is -0.492 e. The molecule has 0 atom stereocenters. The van der Waals surface area contributed by atoms with Gasteiger partial charge in [-0.15, -0.1) is 0 Å². The molecule has 5 rings (SSSR count). The molecule has 1 fully saturated rings. The molecule has 6 nitrogen and oxygen atoms in total. The Hall–Kier alpha value is -3.56. The zero-order chi connectivity index (χ0) is 23.5. The molecule has 0 aliphatic carbocycles. The molecule has 0 saturated carbocycles. The molecule has 0 N–H and O–H groups in total. The van der Waals surface area contributed by atoms with Crippen LogP contribution in [0.5, 0.6) is 5.75 Å². The summed E-state index contributed by atoms with van der Waals surface area (Å²) in [6.07, 6.45) is 1.88. The largest absolute Gasteiger partial charge is 0.492 e. The molecule has 0 bridgehead atoms. The summed E-state index contributed by atoms with van der Waals surface area (Å²) < 4.78 is 8.12. The number of benzene rings is 2. The lowest BCUT2D eigenvalue weighted by Gasteiger charge is -2.36. The number of fused-ring (bicyclic) bond motifs is 3. The molecule has 0 amide bonds. The van der Waals surface area contributed by atoms with Crippen LogP contribution in [-0.4, -0.2) is 53.6 Å². The summed E-state index contributed by atoms with van der Waals surface area (Å²) in [6.45, 7) is 9.68. The molecule has 2 aromatic heterocycles. The van der Waals surface area contributed by atoms with Crippen LogP contribution in [0.1, 0.15) is 30.0 Å². The maximum absolute atomic E-state index is 9.95. The minimum atomic E-state index is 0.691. The fourth-order valence-electron chi connectivity index (χ4n) is 4.81. The van der Waals surface area contributed by atoms with Crippen LogP contribution in [0.15, 0.2) is 54.6 Å². The molecular weight excluding hydrogens is 422 g/mol. The van der Waals surface area contributed by atoms with Crippen molar-refractivity contribution in [3.63, 3.8) is 0 Å². The molecule has 6 heteroatoms. The molecule has 0 unspecified atom stereocenters. The number of aromatic nitrogens is 2. The van der Waals surface area contributed by atoms with Crippen molar-refractivity contribution in [3.8, 4) is 11.8 Å². The topological polar surface area (TPSA) is 56.8 Å². The van der Waals surface area contributed by atoms with Gasteiger partial charge in [-0.25, -0.2) is 4.98 Å². The van der Waals surface area contributed by atoms with Crippen molar-refractivity contribution < 1.29 is 4.74 Å². The van der Waals surface area contributed by atoms with E-state index in [0.29, 0.717) is 12.2 Å². The van der Waals surface area contributed by atoms with E-state index in [2.05, 4.69) is 58.4 Å². The third kappa shape index (κ3) is 4.32. The maximum atomic E-state index is 9.95. The summed E-state index contributed by atoms with van der Waals surface area (Å²) >= 11 is 0. The molecule has 0 radical (unpaired) electrons. The zero-order valence-electron chi connectivity index (χ0n) is 20.0. The minimum absolute atomic E-state index is 0.691. The van der Waals surface area contributed by atoms with Gasteiger partial charge in [0.2, 0.25) is 0 Å². The number of piperazine rings is 1. The van der Waals surface area contributed by atoms with E-state index >= 15 is 0 Å². The number of nitriles is 1. The lowest BCUT2D eigenvalue weighted by molar-refractivity contribution is 0.200. The number of para-hydroxylation sites is 2. The predicted molar refractivity (Wildman–Crippen MR) is 137 cm³/mol. The third-order valence-electron chi connectivity index (χ3n) is 6.66. The van der Waals surface area contributed by atoms with Gasteiger partial charge in [0.1, 0.15) is 24.2 Å². The van der Waals surface area contributed by atoms with Crippen LogP contribution >= 0.6 is 0 Å². The second kappa shape index (κ2) is 9.74. The van der Waals surface area contributed by atoms with Gasteiger partial charge in [-0.3, -0.25) is 9.30 Å². The van der Waals surface area contributed by atoms with Crippen molar-refractivity contribution >= 4 is 22.5 Å². The van der Waals surface area contributed by atoms with E-state index in [-0.39, 0.29) is 0 Å². The second-order valence-corrected chi connectivity index (χ2v) is 9.01. The number of ether oxygens (including phenoxy) is 1. The first-order valence-corrected chi connectivity index (χ1v) is 12.2. The van der Waals surface area contributed by atoms with Crippen molar-refractivity contribution in [3.05, 3.63) is 71.3 Å². The van der Waals surface area contributed by atoms with Gasteiger partial charge in [-0.05, 0) is 49.2 Å². The molecule has 3 heterocycles. The van der Waals surface area contributed by atoms with E-state index in [1.807, 2.05) is 30.3 Å². The molecule has 174 valence electrons. The van der Waals surface area contributed by atoms with E-state index < -0.39 is 0 Å². The van der Waals surface area contributed by atoms with Gasteiger partial charge in [0, 0.05) is 32.7 Å². The summed E-state index contributed by atoms with van der Waals surface area (Å²) in [5, 5.41) is 9.95. The summed E-state index contributed by atoms with van der Waals surface area (Å²) in [6, 6.07) is 21.1. The maximum Gasteiger partial charge on any atom is 0.157 e. The van der Waals surface area contributed by atoms with Crippen molar-refractivity contribution in [2.24, 2.45) is 0 Å². The third-order valence-corrected chi connectivity index (χ3v) is 6.66. The Morgan fingerprint density at radius 3 is 2.53 bits per heavy atom. The molecule has 1 aliphatic heterocycles. The highest BCUT2D eigenvalue weighted by Crippen LogP contribution is 2.30. The molecule has 4 aromatic rings. The standard InChI is InChI=1S/C28H31N5O/c1-3-6-22-19-27(33-26-8-5-4-7-25(26)30-28(33)24(22)20-29)32-15-13-31(14-16-32)17-18-34-23-11-9-21(2)10-12-23/h4-5,7-12,19H,3,6,13-18H2,1-2H3. The van der Waals surface area contributed by atoms with Crippen molar-refractivity contribution in [1.82, 2.24) is 14.3 Å². The van der Waals surface area contributed by atoms with Crippen LogP contribution < -0.4 is 9.64 Å². The fraction of sp³-hybridized carbons (Fsp3) is 0.357. The number of aryl methyl sites for hydroxylation is 2. The van der Waals surface area contributed by atoms with E-state index in [0.717, 1.165) is 79.4 Å². The Labute approximate surface area is 201 Å². The van der Waals surface area contributed by atoms with Gasteiger partial charge in [-0.2, -0.15) is 5.26 Å². The SMILES string of the molecule is CCCc1cc(N2CCN(CCOc3ccc(C)cc3)CC2)n2c(nc3ccccc32)c1C#N. The highest BCUT2D eigenvalue weighted by Gasteiger charge is 2.23. The lowest BCUT2D eigenvalue weighted by Crippen LogP contribution is -2.48. The van der Waals surface area contributed by atoms with Gasteiger partial charge in [0.05, 0.1) is 16.6 Å². The van der Waals surface area contributed by atoms with Gasteiger partial charge in [0.15, 0.2) is 5.65 Å². The Balaban J connectivity index is 1.35. The second-order valence-electron chi connectivity index (χ2n) is 9.01.